The number of carbonyl (C=O) groups is 2. The van der Waals surface area contributed by atoms with Gasteiger partial charge in [-0.1, -0.05) is 24.3 Å². The van der Waals surface area contributed by atoms with Gasteiger partial charge in [0.15, 0.2) is 0 Å². The van der Waals surface area contributed by atoms with Gasteiger partial charge >= 0.3 is 0 Å². The van der Waals surface area contributed by atoms with Crippen LogP contribution in [0.15, 0.2) is 53.0 Å². The van der Waals surface area contributed by atoms with Crippen molar-refractivity contribution in [1.29, 1.82) is 0 Å². The Kier molecular flexibility index (Phi) is 5.38. The van der Waals surface area contributed by atoms with Crippen molar-refractivity contribution >= 4 is 27.7 Å². The SMILES string of the molecule is COc1ccccc1C(=O)N1CCN(C(=O)c2ccccc2Br)CC1. The topological polar surface area (TPSA) is 49.9 Å². The third-order valence-electron chi connectivity index (χ3n) is 4.30. The summed E-state index contributed by atoms with van der Waals surface area (Å²) in [4.78, 5) is 28.9. The molecule has 0 aromatic heterocycles. The van der Waals surface area contributed by atoms with Crippen molar-refractivity contribution in [2.45, 2.75) is 0 Å². The molecule has 0 spiro atoms. The van der Waals surface area contributed by atoms with E-state index in [9.17, 15) is 9.59 Å². The van der Waals surface area contributed by atoms with Gasteiger partial charge in [-0.15, -0.1) is 0 Å². The van der Waals surface area contributed by atoms with Crippen LogP contribution in [0.5, 0.6) is 5.75 Å². The normalized spacial score (nSPS) is 14.3. The molecule has 0 bridgehead atoms. The maximum atomic E-state index is 12.7. The van der Waals surface area contributed by atoms with Gasteiger partial charge in [-0.2, -0.15) is 0 Å². The highest BCUT2D eigenvalue weighted by Crippen LogP contribution is 2.22. The predicted molar refractivity (Wildman–Crippen MR) is 98.9 cm³/mol. The average Bonchev–Trinajstić information content (AvgIpc) is 2.67. The Morgan fingerprint density at radius 1 is 0.840 bits per heavy atom. The molecule has 3 rings (SSSR count). The molecule has 25 heavy (non-hydrogen) atoms. The van der Waals surface area contributed by atoms with Crippen LogP contribution in [-0.4, -0.2) is 54.9 Å². The van der Waals surface area contributed by atoms with E-state index >= 15 is 0 Å². The Labute approximate surface area is 155 Å². The van der Waals surface area contributed by atoms with Crippen molar-refractivity contribution in [3.63, 3.8) is 0 Å². The molecular weight excluding hydrogens is 384 g/mol. The largest absolute Gasteiger partial charge is 0.496 e. The number of hydrogen-bond acceptors (Lipinski definition) is 3. The zero-order chi connectivity index (χ0) is 17.8. The Bertz CT molecular complexity index is 786. The van der Waals surface area contributed by atoms with E-state index < -0.39 is 0 Å². The monoisotopic (exact) mass is 402 g/mol. The molecule has 1 aliphatic heterocycles. The summed E-state index contributed by atoms with van der Waals surface area (Å²) in [6.45, 7) is 2.04. The molecule has 0 unspecified atom stereocenters. The molecule has 6 heteroatoms. The van der Waals surface area contributed by atoms with Crippen molar-refractivity contribution in [1.82, 2.24) is 9.80 Å². The fourth-order valence-electron chi connectivity index (χ4n) is 2.91. The van der Waals surface area contributed by atoms with E-state index in [1.807, 2.05) is 30.3 Å². The molecule has 0 saturated carbocycles. The molecule has 130 valence electrons. The first kappa shape index (κ1) is 17.5. The van der Waals surface area contributed by atoms with Crippen molar-refractivity contribution in [2.75, 3.05) is 33.3 Å². The number of halogens is 1. The summed E-state index contributed by atoms with van der Waals surface area (Å²) in [6.07, 6.45) is 0. The van der Waals surface area contributed by atoms with Crippen molar-refractivity contribution in [2.24, 2.45) is 0 Å². The van der Waals surface area contributed by atoms with Gasteiger partial charge in [0.05, 0.1) is 18.2 Å². The van der Waals surface area contributed by atoms with E-state index in [2.05, 4.69) is 15.9 Å². The van der Waals surface area contributed by atoms with E-state index in [-0.39, 0.29) is 11.8 Å². The summed E-state index contributed by atoms with van der Waals surface area (Å²) in [5.41, 5.74) is 1.20. The third-order valence-corrected chi connectivity index (χ3v) is 4.99. The highest BCUT2D eigenvalue weighted by atomic mass is 79.9. The van der Waals surface area contributed by atoms with Crippen LogP contribution < -0.4 is 4.74 Å². The van der Waals surface area contributed by atoms with Gasteiger partial charge in [0, 0.05) is 30.7 Å². The lowest BCUT2D eigenvalue weighted by Gasteiger charge is -2.35. The number of carbonyl (C=O) groups excluding carboxylic acids is 2. The maximum absolute atomic E-state index is 12.7. The number of hydrogen-bond donors (Lipinski definition) is 0. The van der Waals surface area contributed by atoms with Gasteiger partial charge in [0.25, 0.3) is 11.8 Å². The average molecular weight is 403 g/mol. The van der Waals surface area contributed by atoms with Crippen LogP contribution in [0.4, 0.5) is 0 Å². The number of para-hydroxylation sites is 1. The first-order chi connectivity index (χ1) is 12.1. The van der Waals surface area contributed by atoms with Crippen molar-refractivity contribution in [3.05, 3.63) is 64.1 Å². The number of piperazine rings is 1. The molecule has 1 fully saturated rings. The van der Waals surface area contributed by atoms with Crippen LogP contribution >= 0.6 is 15.9 Å². The molecule has 0 radical (unpaired) electrons. The lowest BCUT2D eigenvalue weighted by Crippen LogP contribution is -2.50. The lowest BCUT2D eigenvalue weighted by atomic mass is 10.1. The first-order valence-corrected chi connectivity index (χ1v) is 8.87. The molecule has 1 heterocycles. The number of methoxy groups -OCH3 is 1. The molecule has 0 N–H and O–H groups in total. The lowest BCUT2D eigenvalue weighted by molar-refractivity contribution is 0.0533. The summed E-state index contributed by atoms with van der Waals surface area (Å²) in [7, 11) is 1.56. The third kappa shape index (κ3) is 3.69. The van der Waals surface area contributed by atoms with Crippen molar-refractivity contribution in [3.8, 4) is 5.75 Å². The predicted octanol–water partition coefficient (Wildman–Crippen LogP) is 3.06. The maximum Gasteiger partial charge on any atom is 0.257 e. The van der Waals surface area contributed by atoms with E-state index in [1.54, 1.807) is 35.1 Å². The number of nitrogens with zero attached hydrogens (tertiary/aromatic N) is 2. The first-order valence-electron chi connectivity index (χ1n) is 8.08. The Balaban J connectivity index is 1.67. The molecule has 2 aromatic carbocycles. The Morgan fingerprint density at radius 3 is 1.88 bits per heavy atom. The molecule has 1 aliphatic rings. The van der Waals surface area contributed by atoms with Gasteiger partial charge in [-0.25, -0.2) is 0 Å². The van der Waals surface area contributed by atoms with E-state index in [0.29, 0.717) is 43.1 Å². The number of ether oxygens (including phenoxy) is 1. The fourth-order valence-corrected chi connectivity index (χ4v) is 3.36. The van der Waals surface area contributed by atoms with Gasteiger partial charge in [0.2, 0.25) is 0 Å². The standard InChI is InChI=1S/C19H19BrN2O3/c1-25-17-9-5-3-7-15(17)19(24)22-12-10-21(11-13-22)18(23)14-6-2-4-8-16(14)20/h2-9H,10-13H2,1H3. The highest BCUT2D eigenvalue weighted by Gasteiger charge is 2.27. The van der Waals surface area contributed by atoms with Crippen LogP contribution in [-0.2, 0) is 0 Å². The molecule has 5 nitrogen and oxygen atoms in total. The van der Waals surface area contributed by atoms with Gasteiger partial charge in [-0.05, 0) is 40.2 Å². The summed E-state index contributed by atoms with van der Waals surface area (Å²) in [5.74, 6) is 0.488. The molecular formula is C19H19BrN2O3. The molecule has 0 aliphatic carbocycles. The smallest absolute Gasteiger partial charge is 0.257 e. The summed E-state index contributed by atoms with van der Waals surface area (Å²) in [6, 6.07) is 14.6. The van der Waals surface area contributed by atoms with E-state index in [1.165, 1.54) is 0 Å². The minimum Gasteiger partial charge on any atom is -0.496 e. The highest BCUT2D eigenvalue weighted by molar-refractivity contribution is 9.10. The minimum absolute atomic E-state index is 0.0168. The summed E-state index contributed by atoms with van der Waals surface area (Å²) < 4.78 is 6.06. The summed E-state index contributed by atoms with van der Waals surface area (Å²) in [5, 5.41) is 0. The second-order valence-corrected chi connectivity index (χ2v) is 6.62. The zero-order valence-corrected chi connectivity index (χ0v) is 15.5. The second kappa shape index (κ2) is 7.70. The van der Waals surface area contributed by atoms with Crippen molar-refractivity contribution < 1.29 is 14.3 Å². The minimum atomic E-state index is -0.0644. The number of benzene rings is 2. The van der Waals surface area contributed by atoms with Gasteiger partial charge < -0.3 is 14.5 Å². The van der Waals surface area contributed by atoms with Crippen LogP contribution in [0.1, 0.15) is 20.7 Å². The van der Waals surface area contributed by atoms with E-state index in [4.69, 9.17) is 4.74 Å². The second-order valence-electron chi connectivity index (χ2n) is 5.76. The Morgan fingerprint density at radius 2 is 1.32 bits per heavy atom. The van der Waals surface area contributed by atoms with E-state index in [0.717, 1.165) is 4.47 Å². The number of amides is 2. The zero-order valence-electron chi connectivity index (χ0n) is 13.9. The molecule has 0 atom stereocenters. The van der Waals surface area contributed by atoms with Crippen LogP contribution in [0.2, 0.25) is 0 Å². The number of rotatable bonds is 3. The molecule has 2 amide bonds. The fraction of sp³-hybridized carbons (Fsp3) is 0.263. The Hall–Kier alpha value is -2.34. The van der Waals surface area contributed by atoms with Crippen LogP contribution in [0.3, 0.4) is 0 Å². The molecule has 1 saturated heterocycles. The van der Waals surface area contributed by atoms with Gasteiger partial charge in [-0.3, -0.25) is 9.59 Å². The molecule has 2 aromatic rings. The summed E-state index contributed by atoms with van der Waals surface area (Å²) >= 11 is 3.42. The quantitative estimate of drug-likeness (QED) is 0.792. The van der Waals surface area contributed by atoms with Crippen LogP contribution in [0.25, 0.3) is 0 Å². The van der Waals surface area contributed by atoms with Gasteiger partial charge in [0.1, 0.15) is 5.75 Å². The van der Waals surface area contributed by atoms with Crippen LogP contribution in [0, 0.1) is 0 Å².